The molecular weight excluding hydrogens is 354 g/mol. The third-order valence-corrected chi connectivity index (χ3v) is 4.91. The number of nitrogens with zero attached hydrogens (tertiary/aromatic N) is 1. The second kappa shape index (κ2) is 5.98. The Kier molecular flexibility index (Phi) is 4.57. The van der Waals surface area contributed by atoms with Crippen LogP contribution in [-0.2, 0) is 0 Å². The highest BCUT2D eigenvalue weighted by Gasteiger charge is 2.20. The van der Waals surface area contributed by atoms with Gasteiger partial charge in [0.1, 0.15) is 0 Å². The third kappa shape index (κ3) is 3.01. The highest BCUT2D eigenvalue weighted by molar-refractivity contribution is 9.10. The Morgan fingerprint density at radius 1 is 1.17 bits per heavy atom. The maximum atomic E-state index is 4.44. The molecule has 0 spiro atoms. The van der Waals surface area contributed by atoms with Gasteiger partial charge in [-0.05, 0) is 42.3 Å². The molecular formula is C15H15Br2N. The molecule has 2 atom stereocenters. The zero-order valence-corrected chi connectivity index (χ0v) is 13.6. The molecule has 0 aliphatic heterocycles. The summed E-state index contributed by atoms with van der Waals surface area (Å²) in [4.78, 5) is 4.70. The van der Waals surface area contributed by atoms with E-state index in [1.165, 1.54) is 11.1 Å². The Labute approximate surface area is 125 Å². The molecule has 0 amide bonds. The third-order valence-electron chi connectivity index (χ3n) is 3.13. The first-order valence-electron chi connectivity index (χ1n) is 5.90. The van der Waals surface area contributed by atoms with Crippen LogP contribution in [0.5, 0.6) is 0 Å². The number of aromatic nitrogens is 1. The number of rotatable bonds is 3. The van der Waals surface area contributed by atoms with Gasteiger partial charge in [-0.2, -0.15) is 0 Å². The van der Waals surface area contributed by atoms with Gasteiger partial charge in [-0.25, -0.2) is 0 Å². The van der Waals surface area contributed by atoms with Gasteiger partial charge in [0.05, 0.1) is 0 Å². The number of aryl methyl sites for hydroxylation is 1. The molecule has 1 aromatic heterocycles. The van der Waals surface area contributed by atoms with Crippen LogP contribution in [-0.4, -0.2) is 4.98 Å². The van der Waals surface area contributed by atoms with Gasteiger partial charge in [-0.1, -0.05) is 50.9 Å². The largest absolute Gasteiger partial charge is 0.261 e. The molecule has 2 aromatic rings. The molecule has 0 fully saturated rings. The molecule has 0 aliphatic carbocycles. The highest BCUT2D eigenvalue weighted by Crippen LogP contribution is 2.39. The molecule has 0 aliphatic rings. The second-order valence-corrected chi connectivity index (χ2v) is 6.35. The van der Waals surface area contributed by atoms with Crippen LogP contribution in [0, 0.1) is 6.92 Å². The van der Waals surface area contributed by atoms with Gasteiger partial charge >= 0.3 is 0 Å². The quantitative estimate of drug-likeness (QED) is 0.661. The number of hydrogen-bond acceptors (Lipinski definition) is 1. The monoisotopic (exact) mass is 367 g/mol. The minimum atomic E-state index is 0.268. The molecule has 1 nitrogen and oxygen atoms in total. The molecule has 0 radical (unpaired) electrons. The molecule has 18 heavy (non-hydrogen) atoms. The molecule has 2 rings (SSSR count). The first kappa shape index (κ1) is 13.8. The van der Waals surface area contributed by atoms with Gasteiger partial charge in [0, 0.05) is 27.1 Å². The summed E-state index contributed by atoms with van der Waals surface area (Å²) >= 11 is 7.35. The van der Waals surface area contributed by atoms with Crippen molar-refractivity contribution in [1.29, 1.82) is 0 Å². The minimum absolute atomic E-state index is 0.268. The van der Waals surface area contributed by atoms with Crippen LogP contribution in [0.4, 0.5) is 0 Å². The fourth-order valence-electron chi connectivity index (χ4n) is 1.97. The van der Waals surface area contributed by atoms with Crippen molar-refractivity contribution in [2.24, 2.45) is 0 Å². The molecule has 1 heterocycles. The summed E-state index contributed by atoms with van der Waals surface area (Å²) in [6.07, 6.45) is 1.85. The Morgan fingerprint density at radius 2 is 1.94 bits per heavy atom. The lowest BCUT2D eigenvalue weighted by Gasteiger charge is -2.20. The number of hydrogen-bond donors (Lipinski definition) is 0. The fraction of sp³-hybridized carbons (Fsp3) is 0.267. The van der Waals surface area contributed by atoms with Crippen molar-refractivity contribution >= 4 is 31.9 Å². The standard InChI is InChI=1S/C15H15Br2N/c1-10-6-7-12(16)9-13(10)15(17)11(2)14-5-3-4-8-18-14/h3-9,11,15H,1-2H3. The van der Waals surface area contributed by atoms with Gasteiger partial charge in [-0.3, -0.25) is 4.98 Å². The second-order valence-electron chi connectivity index (χ2n) is 4.45. The average Bonchev–Trinajstić information content (AvgIpc) is 2.41. The minimum Gasteiger partial charge on any atom is -0.261 e. The smallest absolute Gasteiger partial charge is 0.0479 e. The van der Waals surface area contributed by atoms with E-state index in [4.69, 9.17) is 0 Å². The molecule has 0 bridgehead atoms. The van der Waals surface area contributed by atoms with Crippen molar-refractivity contribution in [2.45, 2.75) is 24.6 Å². The van der Waals surface area contributed by atoms with E-state index in [2.05, 4.69) is 75.0 Å². The van der Waals surface area contributed by atoms with Crippen LogP contribution in [0.15, 0.2) is 47.1 Å². The Balaban J connectivity index is 2.31. The van der Waals surface area contributed by atoms with E-state index < -0.39 is 0 Å². The van der Waals surface area contributed by atoms with Crippen LogP contribution in [0.2, 0.25) is 0 Å². The summed E-state index contributed by atoms with van der Waals surface area (Å²) in [6, 6.07) is 12.4. The molecule has 3 heteroatoms. The maximum absolute atomic E-state index is 4.44. The number of benzene rings is 1. The lowest BCUT2D eigenvalue weighted by molar-refractivity contribution is 0.721. The van der Waals surface area contributed by atoms with Gasteiger partial charge in [0.15, 0.2) is 0 Å². The molecule has 1 aromatic carbocycles. The van der Waals surface area contributed by atoms with Gasteiger partial charge < -0.3 is 0 Å². The topological polar surface area (TPSA) is 12.9 Å². The van der Waals surface area contributed by atoms with Crippen LogP contribution in [0.1, 0.15) is 34.5 Å². The fourth-order valence-corrected chi connectivity index (χ4v) is 3.12. The van der Waals surface area contributed by atoms with Crippen LogP contribution in [0.25, 0.3) is 0 Å². The van der Waals surface area contributed by atoms with Crippen LogP contribution in [0.3, 0.4) is 0 Å². The predicted molar refractivity (Wildman–Crippen MR) is 83.2 cm³/mol. The molecule has 2 unspecified atom stereocenters. The van der Waals surface area contributed by atoms with Crippen LogP contribution < -0.4 is 0 Å². The van der Waals surface area contributed by atoms with Crippen molar-refractivity contribution in [3.8, 4) is 0 Å². The van der Waals surface area contributed by atoms with Crippen molar-refractivity contribution in [1.82, 2.24) is 4.98 Å². The van der Waals surface area contributed by atoms with E-state index in [1.54, 1.807) is 0 Å². The lowest BCUT2D eigenvalue weighted by Crippen LogP contribution is -2.05. The Morgan fingerprint density at radius 3 is 2.61 bits per heavy atom. The molecule has 94 valence electrons. The lowest BCUT2D eigenvalue weighted by atomic mass is 9.94. The van der Waals surface area contributed by atoms with Crippen molar-refractivity contribution < 1.29 is 0 Å². The van der Waals surface area contributed by atoms with E-state index in [0.717, 1.165) is 10.2 Å². The van der Waals surface area contributed by atoms with Gasteiger partial charge in [0.25, 0.3) is 0 Å². The predicted octanol–water partition coefficient (Wildman–Crippen LogP) is 5.39. The highest BCUT2D eigenvalue weighted by atomic mass is 79.9. The zero-order valence-electron chi connectivity index (χ0n) is 10.4. The maximum Gasteiger partial charge on any atom is 0.0479 e. The SMILES string of the molecule is Cc1ccc(Br)cc1C(Br)C(C)c1ccccn1. The zero-order chi connectivity index (χ0) is 13.1. The number of pyridine rings is 1. The first-order valence-corrected chi connectivity index (χ1v) is 7.61. The summed E-state index contributed by atoms with van der Waals surface area (Å²) in [5.74, 6) is 0.333. The normalized spacial score (nSPS) is 14.2. The summed E-state index contributed by atoms with van der Waals surface area (Å²) in [7, 11) is 0. The van der Waals surface area contributed by atoms with Gasteiger partial charge in [0.2, 0.25) is 0 Å². The van der Waals surface area contributed by atoms with E-state index >= 15 is 0 Å². The van der Waals surface area contributed by atoms with E-state index in [9.17, 15) is 0 Å². The Hall–Kier alpha value is -0.670. The van der Waals surface area contributed by atoms with Crippen molar-refractivity contribution in [2.75, 3.05) is 0 Å². The average molecular weight is 369 g/mol. The summed E-state index contributed by atoms with van der Waals surface area (Å²) in [5, 5.41) is 0. The van der Waals surface area contributed by atoms with E-state index in [1.807, 2.05) is 18.3 Å². The first-order chi connectivity index (χ1) is 8.59. The summed E-state index contributed by atoms with van der Waals surface area (Å²) < 4.78 is 1.11. The van der Waals surface area contributed by atoms with E-state index in [0.29, 0.717) is 5.92 Å². The number of alkyl halides is 1. The molecule has 0 saturated heterocycles. The summed E-state index contributed by atoms with van der Waals surface area (Å²) in [5.41, 5.74) is 3.71. The van der Waals surface area contributed by atoms with Crippen LogP contribution >= 0.6 is 31.9 Å². The van der Waals surface area contributed by atoms with Crippen molar-refractivity contribution in [3.63, 3.8) is 0 Å². The summed E-state index contributed by atoms with van der Waals surface area (Å²) in [6.45, 7) is 4.34. The van der Waals surface area contributed by atoms with E-state index in [-0.39, 0.29) is 4.83 Å². The number of halogens is 2. The molecule has 0 saturated carbocycles. The molecule has 0 N–H and O–H groups in total. The Bertz CT molecular complexity index is 525. The van der Waals surface area contributed by atoms with Gasteiger partial charge in [-0.15, -0.1) is 0 Å². The van der Waals surface area contributed by atoms with Crippen molar-refractivity contribution in [3.05, 3.63) is 63.9 Å².